The summed E-state index contributed by atoms with van der Waals surface area (Å²) in [5.41, 5.74) is 7.22. The maximum Gasteiger partial charge on any atom is 0.402 e. The molecule has 1 fully saturated rings. The number of unbranched alkanes of at least 4 members (excludes halogenated alkanes) is 2. The van der Waals surface area contributed by atoms with Gasteiger partial charge in [0, 0.05) is 39.1 Å². The number of nitrogens with zero attached hydrogens (tertiary/aromatic N) is 2. The smallest absolute Gasteiger partial charge is 0.355 e. The number of benzene rings is 3. The number of rotatable bonds is 18. The molecular weight excluding hydrogens is 627 g/mol. The van der Waals surface area contributed by atoms with E-state index in [0.29, 0.717) is 38.4 Å². The zero-order valence-corrected chi connectivity index (χ0v) is 28.5. The molecule has 264 valence electrons. The van der Waals surface area contributed by atoms with E-state index in [0.717, 1.165) is 73.7 Å². The van der Waals surface area contributed by atoms with Crippen molar-refractivity contribution in [2.24, 2.45) is 0 Å². The van der Waals surface area contributed by atoms with Gasteiger partial charge in [-0.05, 0) is 66.5 Å². The monoisotopic (exact) mass is 677 g/mol. The lowest BCUT2D eigenvalue weighted by Crippen LogP contribution is -2.53. The zero-order chi connectivity index (χ0) is 34.7. The Labute approximate surface area is 288 Å². The van der Waals surface area contributed by atoms with Gasteiger partial charge >= 0.3 is 6.18 Å². The number of piperidine rings is 1. The standard InChI is InChI=1S/C39H50F3N5O2/c1-46(45-29-39(40,41)42)38(34-20-8-6-18-32(34)33-19-7-9-21-35(33)38)23-11-3-12-24-43-37(49)36(22-14-26-48)44-27-31-17-10-13-25-47(31)28-30-15-4-2-5-16-30/h2,4-9,15-16,18-21,26,31,36,44-45H,3,10-14,17,22-25,27-29H2,1H3,(H,43,49). The first kappa shape index (κ1) is 36.7. The van der Waals surface area contributed by atoms with Gasteiger partial charge in [-0.2, -0.15) is 13.2 Å². The SMILES string of the molecule is CN(NCC(F)(F)F)C1(CCCCCNC(=O)C(CCC=O)NCC2CCCCN2Cc2ccccc2)c2ccccc2-c2ccccc21. The largest absolute Gasteiger partial charge is 0.402 e. The van der Waals surface area contributed by atoms with Crippen molar-refractivity contribution >= 4 is 12.2 Å². The Hall–Kier alpha value is -3.57. The molecule has 0 aromatic heterocycles. The van der Waals surface area contributed by atoms with Gasteiger partial charge in [0.05, 0.1) is 11.6 Å². The van der Waals surface area contributed by atoms with Gasteiger partial charge in [0.2, 0.25) is 5.91 Å². The number of aldehydes is 1. The first-order valence-corrected chi connectivity index (χ1v) is 17.7. The van der Waals surface area contributed by atoms with Crippen LogP contribution in [-0.2, 0) is 21.7 Å². The van der Waals surface area contributed by atoms with Crippen LogP contribution in [0.2, 0.25) is 0 Å². The van der Waals surface area contributed by atoms with Crippen molar-refractivity contribution in [3.8, 4) is 11.1 Å². The zero-order valence-electron chi connectivity index (χ0n) is 28.5. The molecule has 1 aliphatic carbocycles. The summed E-state index contributed by atoms with van der Waals surface area (Å²) in [4.78, 5) is 27.0. The van der Waals surface area contributed by atoms with Crippen LogP contribution in [0.15, 0.2) is 78.9 Å². The second-order valence-electron chi connectivity index (χ2n) is 13.4. The number of amides is 1. The number of fused-ring (bicyclic) bond motifs is 3. The highest BCUT2D eigenvalue weighted by Crippen LogP contribution is 2.52. The van der Waals surface area contributed by atoms with Gasteiger partial charge in [-0.15, -0.1) is 0 Å². The van der Waals surface area contributed by atoms with Crippen LogP contribution in [0, 0.1) is 0 Å². The third kappa shape index (κ3) is 9.36. The summed E-state index contributed by atoms with van der Waals surface area (Å²) in [6.07, 6.45) is 3.56. The molecule has 0 spiro atoms. The van der Waals surface area contributed by atoms with E-state index in [4.69, 9.17) is 0 Å². The highest BCUT2D eigenvalue weighted by Gasteiger charge is 2.46. The van der Waals surface area contributed by atoms with E-state index in [-0.39, 0.29) is 5.91 Å². The third-order valence-corrected chi connectivity index (χ3v) is 10.1. The summed E-state index contributed by atoms with van der Waals surface area (Å²) in [5.74, 6) is -0.0986. The molecule has 49 heavy (non-hydrogen) atoms. The van der Waals surface area contributed by atoms with Crippen LogP contribution in [0.1, 0.15) is 74.5 Å². The molecule has 3 aromatic carbocycles. The minimum absolute atomic E-state index is 0.0986. The summed E-state index contributed by atoms with van der Waals surface area (Å²) in [6, 6.07) is 26.2. The van der Waals surface area contributed by atoms with E-state index >= 15 is 0 Å². The lowest BCUT2D eigenvalue weighted by molar-refractivity contribution is -0.138. The van der Waals surface area contributed by atoms with Crippen LogP contribution in [0.5, 0.6) is 0 Å². The highest BCUT2D eigenvalue weighted by molar-refractivity contribution is 5.82. The van der Waals surface area contributed by atoms with Crippen molar-refractivity contribution in [1.82, 2.24) is 26.0 Å². The second-order valence-corrected chi connectivity index (χ2v) is 13.4. The van der Waals surface area contributed by atoms with E-state index in [2.05, 4.69) is 45.2 Å². The number of hydrogen-bond donors (Lipinski definition) is 3. The van der Waals surface area contributed by atoms with Crippen LogP contribution >= 0.6 is 0 Å². The number of nitrogens with one attached hydrogen (secondary N) is 3. The van der Waals surface area contributed by atoms with Crippen LogP contribution in [0.3, 0.4) is 0 Å². The van der Waals surface area contributed by atoms with Gasteiger partial charge < -0.3 is 15.4 Å². The Kier molecular flexibility index (Phi) is 13.0. The Bertz CT molecular complexity index is 1460. The predicted molar refractivity (Wildman–Crippen MR) is 188 cm³/mol. The van der Waals surface area contributed by atoms with Gasteiger partial charge in [0.15, 0.2) is 0 Å². The Morgan fingerprint density at radius 2 is 1.63 bits per heavy atom. The van der Waals surface area contributed by atoms with E-state index in [1.807, 2.05) is 54.6 Å². The molecule has 1 heterocycles. The van der Waals surface area contributed by atoms with Crippen molar-refractivity contribution < 1.29 is 22.8 Å². The van der Waals surface area contributed by atoms with Gasteiger partial charge in [-0.3, -0.25) is 9.69 Å². The van der Waals surface area contributed by atoms with Crippen molar-refractivity contribution in [2.75, 3.05) is 33.2 Å². The van der Waals surface area contributed by atoms with Gasteiger partial charge in [0.1, 0.15) is 12.8 Å². The molecule has 3 aromatic rings. The van der Waals surface area contributed by atoms with E-state index in [1.54, 1.807) is 12.1 Å². The fourth-order valence-corrected chi connectivity index (χ4v) is 7.62. The molecule has 0 radical (unpaired) electrons. The minimum Gasteiger partial charge on any atom is -0.355 e. The molecule has 2 unspecified atom stereocenters. The van der Waals surface area contributed by atoms with Crippen LogP contribution in [-0.4, -0.2) is 73.6 Å². The normalized spacial score (nSPS) is 17.8. The first-order chi connectivity index (χ1) is 23.7. The summed E-state index contributed by atoms with van der Waals surface area (Å²) in [6.45, 7) is 1.96. The summed E-state index contributed by atoms with van der Waals surface area (Å²) < 4.78 is 39.9. The maximum absolute atomic E-state index is 13.3. The fraction of sp³-hybridized carbons (Fsp3) is 0.487. The number of likely N-dealkylation sites (tertiary alicyclic amines) is 1. The molecule has 10 heteroatoms. The molecular formula is C39H50F3N5O2. The first-order valence-electron chi connectivity index (χ1n) is 17.7. The number of hydrogen-bond acceptors (Lipinski definition) is 6. The highest BCUT2D eigenvalue weighted by atomic mass is 19.4. The van der Waals surface area contributed by atoms with E-state index < -0.39 is 24.3 Å². The lowest BCUT2D eigenvalue weighted by Gasteiger charge is -2.41. The van der Waals surface area contributed by atoms with E-state index in [9.17, 15) is 22.8 Å². The summed E-state index contributed by atoms with van der Waals surface area (Å²) in [7, 11) is 1.70. The quantitative estimate of drug-likeness (QED) is 0.0803. The topological polar surface area (TPSA) is 76.7 Å². The van der Waals surface area contributed by atoms with Crippen molar-refractivity contribution in [2.45, 2.75) is 88.1 Å². The molecule has 7 nitrogen and oxygen atoms in total. The summed E-state index contributed by atoms with van der Waals surface area (Å²) in [5, 5.41) is 8.21. The fourth-order valence-electron chi connectivity index (χ4n) is 7.62. The molecule has 2 atom stereocenters. The number of carbonyl (C=O) groups excluding carboxylic acids is 2. The number of halogens is 3. The van der Waals surface area contributed by atoms with Gasteiger partial charge in [0.25, 0.3) is 0 Å². The molecule has 0 saturated carbocycles. The van der Waals surface area contributed by atoms with Gasteiger partial charge in [-0.1, -0.05) is 98.1 Å². The number of alkyl halides is 3. The maximum atomic E-state index is 13.3. The second kappa shape index (κ2) is 17.4. The lowest BCUT2D eigenvalue weighted by atomic mass is 9.82. The van der Waals surface area contributed by atoms with Crippen LogP contribution < -0.4 is 16.1 Å². The molecule has 2 aliphatic rings. The molecule has 3 N–H and O–H groups in total. The predicted octanol–water partition coefficient (Wildman–Crippen LogP) is 6.58. The molecule has 1 aliphatic heterocycles. The summed E-state index contributed by atoms with van der Waals surface area (Å²) >= 11 is 0. The number of hydrazine groups is 1. The average molecular weight is 678 g/mol. The van der Waals surface area contributed by atoms with Crippen LogP contribution in [0.25, 0.3) is 11.1 Å². The molecule has 1 saturated heterocycles. The molecule has 1 amide bonds. The third-order valence-electron chi connectivity index (χ3n) is 10.1. The van der Waals surface area contributed by atoms with Crippen molar-refractivity contribution in [3.05, 3.63) is 95.6 Å². The minimum atomic E-state index is -4.35. The van der Waals surface area contributed by atoms with E-state index in [1.165, 1.54) is 12.0 Å². The van der Waals surface area contributed by atoms with Crippen LogP contribution in [0.4, 0.5) is 13.2 Å². The van der Waals surface area contributed by atoms with Crippen molar-refractivity contribution in [1.29, 1.82) is 0 Å². The number of carbonyl (C=O) groups is 2. The average Bonchev–Trinajstić information content (AvgIpc) is 3.40. The van der Waals surface area contributed by atoms with Crippen molar-refractivity contribution in [3.63, 3.8) is 0 Å². The Morgan fingerprint density at radius 1 is 0.959 bits per heavy atom. The molecule has 0 bridgehead atoms. The van der Waals surface area contributed by atoms with Gasteiger partial charge in [-0.25, -0.2) is 10.4 Å². The Morgan fingerprint density at radius 3 is 2.31 bits per heavy atom. The molecule has 5 rings (SSSR count). The Balaban J connectivity index is 1.16.